The van der Waals surface area contributed by atoms with Crippen LogP contribution in [-0.4, -0.2) is 12.1 Å². The molecule has 1 aromatic carbocycles. The Kier molecular flexibility index (Phi) is 3.77. The molecule has 2 aromatic rings. The summed E-state index contributed by atoms with van der Waals surface area (Å²) in [5.41, 5.74) is 2.60. The molecule has 0 unspecified atom stereocenters. The maximum absolute atomic E-state index is 13.6. The first-order valence-corrected chi connectivity index (χ1v) is 5.67. The molecule has 18 heavy (non-hydrogen) atoms. The largest absolute Gasteiger partial charge is 0.497 e. The van der Waals surface area contributed by atoms with Gasteiger partial charge in [0.2, 0.25) is 0 Å². The van der Waals surface area contributed by atoms with Crippen LogP contribution in [0.4, 0.5) is 10.1 Å². The van der Waals surface area contributed by atoms with E-state index >= 15 is 0 Å². The highest BCUT2D eigenvalue weighted by Crippen LogP contribution is 2.21. The number of ether oxygens (including phenoxy) is 1. The second kappa shape index (κ2) is 5.49. The smallest absolute Gasteiger partial charge is 0.146 e. The minimum Gasteiger partial charge on any atom is -0.497 e. The molecule has 0 spiro atoms. The van der Waals surface area contributed by atoms with Gasteiger partial charge in [0.1, 0.15) is 11.6 Å². The molecule has 0 atom stereocenters. The Labute approximate surface area is 106 Å². The molecular formula is C14H15FN2O. The second-order valence-corrected chi connectivity index (χ2v) is 4.00. The van der Waals surface area contributed by atoms with Gasteiger partial charge in [-0.1, -0.05) is 0 Å². The van der Waals surface area contributed by atoms with Crippen LogP contribution in [-0.2, 0) is 6.54 Å². The summed E-state index contributed by atoms with van der Waals surface area (Å²) in [5, 5.41) is 3.05. The summed E-state index contributed by atoms with van der Waals surface area (Å²) < 4.78 is 18.6. The van der Waals surface area contributed by atoms with Crippen LogP contribution in [0.2, 0.25) is 0 Å². The van der Waals surface area contributed by atoms with Crippen LogP contribution < -0.4 is 10.1 Å². The van der Waals surface area contributed by atoms with Crippen LogP contribution in [0.15, 0.2) is 36.7 Å². The van der Waals surface area contributed by atoms with Crippen LogP contribution in [0.1, 0.15) is 11.1 Å². The summed E-state index contributed by atoms with van der Waals surface area (Å²) in [7, 11) is 1.56. The number of methoxy groups -OCH3 is 1. The Balaban J connectivity index is 2.13. The predicted octanol–water partition coefficient (Wildman–Crippen LogP) is 3.15. The van der Waals surface area contributed by atoms with Gasteiger partial charge in [-0.15, -0.1) is 0 Å². The lowest BCUT2D eigenvalue weighted by Crippen LogP contribution is -2.03. The van der Waals surface area contributed by atoms with Crippen LogP contribution in [0.3, 0.4) is 0 Å². The normalized spacial score (nSPS) is 10.2. The molecule has 0 fully saturated rings. The predicted molar refractivity (Wildman–Crippen MR) is 69.3 cm³/mol. The van der Waals surface area contributed by atoms with Crippen molar-refractivity contribution >= 4 is 5.69 Å². The minimum atomic E-state index is -0.294. The molecule has 3 nitrogen and oxygen atoms in total. The number of nitrogens with zero attached hydrogens (tertiary/aromatic N) is 1. The first-order valence-electron chi connectivity index (χ1n) is 5.67. The summed E-state index contributed by atoms with van der Waals surface area (Å²) >= 11 is 0. The Morgan fingerprint density at radius 3 is 2.89 bits per heavy atom. The van der Waals surface area contributed by atoms with E-state index in [9.17, 15) is 4.39 Å². The van der Waals surface area contributed by atoms with Crippen LogP contribution in [0, 0.1) is 12.7 Å². The fourth-order valence-electron chi connectivity index (χ4n) is 1.64. The molecule has 94 valence electrons. The third kappa shape index (κ3) is 2.77. The second-order valence-electron chi connectivity index (χ2n) is 4.00. The van der Waals surface area contributed by atoms with E-state index in [4.69, 9.17) is 4.74 Å². The fraction of sp³-hybridized carbons (Fsp3) is 0.214. The van der Waals surface area contributed by atoms with E-state index < -0.39 is 0 Å². The lowest BCUT2D eigenvalue weighted by Gasteiger charge is -2.10. The van der Waals surface area contributed by atoms with Crippen molar-refractivity contribution in [2.45, 2.75) is 13.5 Å². The van der Waals surface area contributed by atoms with E-state index in [1.807, 2.05) is 13.0 Å². The lowest BCUT2D eigenvalue weighted by atomic mass is 10.1. The molecule has 0 saturated heterocycles. The van der Waals surface area contributed by atoms with Crippen molar-refractivity contribution in [3.05, 3.63) is 53.6 Å². The van der Waals surface area contributed by atoms with Crippen molar-refractivity contribution in [1.29, 1.82) is 0 Å². The van der Waals surface area contributed by atoms with E-state index in [2.05, 4.69) is 10.3 Å². The van der Waals surface area contributed by atoms with E-state index in [1.165, 1.54) is 6.07 Å². The number of halogens is 1. The van der Waals surface area contributed by atoms with Crippen LogP contribution in [0.5, 0.6) is 5.75 Å². The SMILES string of the molecule is COc1ccc(F)c(NCc2cnccc2C)c1. The van der Waals surface area contributed by atoms with Crippen molar-refractivity contribution < 1.29 is 9.13 Å². The molecule has 0 aliphatic carbocycles. The molecule has 0 bridgehead atoms. The first kappa shape index (κ1) is 12.4. The average Bonchev–Trinajstić information content (AvgIpc) is 2.39. The molecule has 4 heteroatoms. The van der Waals surface area contributed by atoms with E-state index in [1.54, 1.807) is 31.6 Å². The Morgan fingerprint density at radius 1 is 1.33 bits per heavy atom. The summed E-state index contributed by atoms with van der Waals surface area (Å²) in [6, 6.07) is 6.55. The number of hydrogen-bond acceptors (Lipinski definition) is 3. The number of benzene rings is 1. The maximum atomic E-state index is 13.6. The number of nitrogens with one attached hydrogen (secondary N) is 1. The zero-order valence-electron chi connectivity index (χ0n) is 10.4. The van der Waals surface area contributed by atoms with Crippen molar-refractivity contribution in [3.8, 4) is 5.75 Å². The monoisotopic (exact) mass is 246 g/mol. The van der Waals surface area contributed by atoms with Gasteiger partial charge in [0.05, 0.1) is 12.8 Å². The van der Waals surface area contributed by atoms with Crippen molar-refractivity contribution in [1.82, 2.24) is 4.98 Å². The molecule has 0 radical (unpaired) electrons. The fourth-order valence-corrected chi connectivity index (χ4v) is 1.64. The quantitative estimate of drug-likeness (QED) is 0.899. The number of aryl methyl sites for hydroxylation is 1. The third-order valence-electron chi connectivity index (χ3n) is 2.79. The summed E-state index contributed by atoms with van der Waals surface area (Å²) in [4.78, 5) is 4.06. The highest BCUT2D eigenvalue weighted by Gasteiger charge is 2.04. The molecule has 0 amide bonds. The van der Waals surface area contributed by atoms with Gasteiger partial charge in [0, 0.05) is 25.0 Å². The van der Waals surface area contributed by atoms with Gasteiger partial charge in [-0.3, -0.25) is 4.98 Å². The topological polar surface area (TPSA) is 34.1 Å². The van der Waals surface area contributed by atoms with Crippen molar-refractivity contribution in [2.75, 3.05) is 12.4 Å². The lowest BCUT2D eigenvalue weighted by molar-refractivity contribution is 0.414. The van der Waals surface area contributed by atoms with Gasteiger partial charge < -0.3 is 10.1 Å². The van der Waals surface area contributed by atoms with Gasteiger partial charge >= 0.3 is 0 Å². The van der Waals surface area contributed by atoms with E-state index in [0.717, 1.165) is 11.1 Å². The van der Waals surface area contributed by atoms with Crippen LogP contribution >= 0.6 is 0 Å². The number of hydrogen-bond donors (Lipinski definition) is 1. The van der Waals surface area contributed by atoms with Crippen molar-refractivity contribution in [2.24, 2.45) is 0 Å². The molecule has 1 aromatic heterocycles. The number of pyridine rings is 1. The molecule has 0 saturated carbocycles. The summed E-state index contributed by atoms with van der Waals surface area (Å²) in [6.45, 7) is 2.53. The molecule has 0 aliphatic heterocycles. The standard InChI is InChI=1S/C14H15FN2O/c1-10-5-6-16-8-11(10)9-17-14-7-12(18-2)3-4-13(14)15/h3-8,17H,9H2,1-2H3. The summed E-state index contributed by atoms with van der Waals surface area (Å²) in [6.07, 6.45) is 3.52. The van der Waals surface area contributed by atoms with E-state index in [-0.39, 0.29) is 5.82 Å². The maximum Gasteiger partial charge on any atom is 0.146 e. The first-order chi connectivity index (χ1) is 8.70. The Bertz CT molecular complexity index is 543. The highest BCUT2D eigenvalue weighted by atomic mass is 19.1. The summed E-state index contributed by atoms with van der Waals surface area (Å²) in [5.74, 6) is 0.333. The van der Waals surface area contributed by atoms with Gasteiger partial charge in [0.15, 0.2) is 0 Å². The molecular weight excluding hydrogens is 231 g/mol. The zero-order valence-corrected chi connectivity index (χ0v) is 10.4. The van der Waals surface area contributed by atoms with Gasteiger partial charge in [-0.2, -0.15) is 0 Å². The zero-order chi connectivity index (χ0) is 13.0. The Hall–Kier alpha value is -2.10. The van der Waals surface area contributed by atoms with Gasteiger partial charge in [-0.05, 0) is 36.2 Å². The van der Waals surface area contributed by atoms with Crippen LogP contribution in [0.25, 0.3) is 0 Å². The minimum absolute atomic E-state index is 0.294. The van der Waals surface area contributed by atoms with Crippen molar-refractivity contribution in [3.63, 3.8) is 0 Å². The molecule has 0 aliphatic rings. The number of anilines is 1. The molecule has 1 heterocycles. The van der Waals surface area contributed by atoms with Gasteiger partial charge in [0.25, 0.3) is 0 Å². The molecule has 1 N–H and O–H groups in total. The van der Waals surface area contributed by atoms with E-state index in [0.29, 0.717) is 18.0 Å². The molecule has 2 rings (SSSR count). The van der Waals surface area contributed by atoms with Gasteiger partial charge in [-0.25, -0.2) is 4.39 Å². The highest BCUT2D eigenvalue weighted by molar-refractivity contribution is 5.50. The number of rotatable bonds is 4. The Morgan fingerprint density at radius 2 is 2.17 bits per heavy atom. The third-order valence-corrected chi connectivity index (χ3v) is 2.79. The number of aromatic nitrogens is 1. The average molecular weight is 246 g/mol.